The molecule has 2 heterocycles. The van der Waals surface area contributed by atoms with Gasteiger partial charge in [-0.05, 0) is 62.0 Å². The Morgan fingerprint density at radius 2 is 1.79 bits per heavy atom. The lowest BCUT2D eigenvalue weighted by molar-refractivity contribution is -0.143. The predicted octanol–water partition coefficient (Wildman–Crippen LogP) is 5.08. The lowest BCUT2D eigenvalue weighted by Crippen LogP contribution is -2.32. The summed E-state index contributed by atoms with van der Waals surface area (Å²) in [5.74, 6) is -0.791. The summed E-state index contributed by atoms with van der Waals surface area (Å²) in [6.07, 6.45) is 5.20. The van der Waals surface area contributed by atoms with E-state index in [1.54, 1.807) is 12.3 Å². The first-order chi connectivity index (χ1) is 16.0. The van der Waals surface area contributed by atoms with Gasteiger partial charge in [-0.1, -0.05) is 20.8 Å². The van der Waals surface area contributed by atoms with Crippen LogP contribution in [-0.4, -0.2) is 23.5 Å². The van der Waals surface area contributed by atoms with E-state index in [0.717, 1.165) is 34.7 Å². The molecule has 1 fully saturated rings. The molecule has 2 aromatic heterocycles. The quantitative estimate of drug-likeness (QED) is 0.489. The maximum absolute atomic E-state index is 12.7. The van der Waals surface area contributed by atoms with Crippen molar-refractivity contribution in [2.75, 3.05) is 6.54 Å². The first-order valence-corrected chi connectivity index (χ1v) is 12.0. The highest BCUT2D eigenvalue weighted by Crippen LogP contribution is 2.35. The Kier molecular flexibility index (Phi) is 6.56. The Bertz CT molecular complexity index is 1280. The number of fused-ring (bicyclic) bond motifs is 2. The molecule has 2 N–H and O–H groups in total. The van der Waals surface area contributed by atoms with Crippen molar-refractivity contribution < 1.29 is 23.5 Å². The van der Waals surface area contributed by atoms with E-state index in [9.17, 15) is 14.4 Å². The van der Waals surface area contributed by atoms with E-state index in [1.807, 2.05) is 13.0 Å². The number of hydrogen-bond acceptors (Lipinski definition) is 5. The van der Waals surface area contributed by atoms with Gasteiger partial charge in [-0.3, -0.25) is 9.59 Å². The second-order valence-corrected chi connectivity index (χ2v) is 10.6. The molecule has 0 bridgehead atoms. The molecule has 182 valence electrons. The summed E-state index contributed by atoms with van der Waals surface area (Å²) in [5.41, 5.74) is 3.09. The minimum absolute atomic E-state index is 0.0871. The number of carboxylic acid groups (broad SMARTS) is 1. The minimum atomic E-state index is -0.727. The van der Waals surface area contributed by atoms with Gasteiger partial charge in [-0.25, -0.2) is 4.79 Å². The number of amides is 1. The number of aryl methyl sites for hydroxylation is 1. The normalized spacial score (nSPS) is 18.9. The van der Waals surface area contributed by atoms with Gasteiger partial charge in [0.05, 0.1) is 12.2 Å². The van der Waals surface area contributed by atoms with Gasteiger partial charge in [-0.15, -0.1) is 0 Å². The molecule has 0 radical (unpaired) electrons. The van der Waals surface area contributed by atoms with Gasteiger partial charge in [0.15, 0.2) is 0 Å². The van der Waals surface area contributed by atoms with Crippen LogP contribution in [0, 0.1) is 18.8 Å². The number of carbonyl (C=O) groups excluding carboxylic acids is 1. The molecule has 7 nitrogen and oxygen atoms in total. The Balaban J connectivity index is 1.45. The molecule has 3 aromatic rings. The second kappa shape index (κ2) is 9.28. The molecule has 0 unspecified atom stereocenters. The highest BCUT2D eigenvalue weighted by atomic mass is 16.4. The summed E-state index contributed by atoms with van der Waals surface area (Å²) in [4.78, 5) is 36.2. The van der Waals surface area contributed by atoms with E-state index in [0.29, 0.717) is 48.5 Å². The van der Waals surface area contributed by atoms with Gasteiger partial charge < -0.3 is 19.3 Å². The van der Waals surface area contributed by atoms with Crippen LogP contribution in [0.1, 0.15) is 69.6 Å². The fourth-order valence-corrected chi connectivity index (χ4v) is 4.98. The van der Waals surface area contributed by atoms with Gasteiger partial charge in [0.1, 0.15) is 11.2 Å². The Morgan fingerprint density at radius 1 is 1.09 bits per heavy atom. The van der Waals surface area contributed by atoms with Crippen molar-refractivity contribution in [2.24, 2.45) is 11.8 Å². The minimum Gasteiger partial charge on any atom is -0.481 e. The van der Waals surface area contributed by atoms with Crippen molar-refractivity contribution in [2.45, 2.75) is 71.6 Å². The van der Waals surface area contributed by atoms with Crippen LogP contribution in [0.3, 0.4) is 0 Å². The Hall–Kier alpha value is -3.09. The summed E-state index contributed by atoms with van der Waals surface area (Å²) in [5, 5.41) is 13.9. The van der Waals surface area contributed by atoms with Gasteiger partial charge in [-0.2, -0.15) is 0 Å². The summed E-state index contributed by atoms with van der Waals surface area (Å²) in [7, 11) is 0. The van der Waals surface area contributed by atoms with Gasteiger partial charge in [0, 0.05) is 40.9 Å². The van der Waals surface area contributed by atoms with Gasteiger partial charge >= 0.3 is 11.6 Å². The van der Waals surface area contributed by atoms with Crippen LogP contribution in [0.25, 0.3) is 21.9 Å². The standard InChI is InChI=1S/C27H33NO6/c1-15-18(9-10-24(29)28-13-16-5-7-17(8-6-16)25(30)31)26(32)34-23-12-22-20(11-19(15)23)21(14-33-22)27(2,3)4/h11-12,14,16-17H,5-10,13H2,1-4H3,(H,28,29)(H,30,31). The van der Waals surface area contributed by atoms with E-state index in [1.165, 1.54) is 0 Å². The maximum atomic E-state index is 12.7. The second-order valence-electron chi connectivity index (χ2n) is 10.6. The number of carbonyl (C=O) groups is 2. The zero-order valence-electron chi connectivity index (χ0n) is 20.3. The smallest absolute Gasteiger partial charge is 0.339 e. The summed E-state index contributed by atoms with van der Waals surface area (Å²) in [6, 6.07) is 3.79. The highest BCUT2D eigenvalue weighted by molar-refractivity contribution is 5.96. The average molecular weight is 468 g/mol. The molecule has 0 atom stereocenters. The summed E-state index contributed by atoms with van der Waals surface area (Å²) < 4.78 is 11.3. The molecule has 1 aromatic carbocycles. The Morgan fingerprint density at radius 3 is 2.44 bits per heavy atom. The average Bonchev–Trinajstić information content (AvgIpc) is 3.20. The lowest BCUT2D eigenvalue weighted by atomic mass is 9.82. The molecular formula is C27H33NO6. The third-order valence-electron chi connectivity index (χ3n) is 7.18. The van der Waals surface area contributed by atoms with Gasteiger partial charge in [0.2, 0.25) is 5.91 Å². The van der Waals surface area contributed by atoms with Crippen LogP contribution >= 0.6 is 0 Å². The first-order valence-electron chi connectivity index (χ1n) is 12.0. The van der Waals surface area contributed by atoms with Crippen LogP contribution in [0.15, 0.2) is 32.0 Å². The van der Waals surface area contributed by atoms with E-state index in [-0.39, 0.29) is 23.7 Å². The molecule has 4 rings (SSSR count). The number of nitrogens with one attached hydrogen (secondary N) is 1. The molecule has 0 spiro atoms. The van der Waals surface area contributed by atoms with E-state index in [4.69, 9.17) is 13.9 Å². The number of furan rings is 1. The number of aliphatic carboxylic acids is 1. The van der Waals surface area contributed by atoms with Gasteiger partial charge in [0.25, 0.3) is 0 Å². The number of rotatable bonds is 6. The van der Waals surface area contributed by atoms with E-state index >= 15 is 0 Å². The van der Waals surface area contributed by atoms with E-state index < -0.39 is 11.6 Å². The zero-order chi connectivity index (χ0) is 24.6. The van der Waals surface area contributed by atoms with Crippen molar-refractivity contribution in [3.8, 4) is 0 Å². The summed E-state index contributed by atoms with van der Waals surface area (Å²) >= 11 is 0. The number of benzene rings is 1. The number of hydrogen-bond donors (Lipinski definition) is 2. The largest absolute Gasteiger partial charge is 0.481 e. The van der Waals surface area contributed by atoms with Crippen molar-refractivity contribution in [3.63, 3.8) is 0 Å². The van der Waals surface area contributed by atoms with Crippen LogP contribution in [0.4, 0.5) is 0 Å². The first kappa shape index (κ1) is 24.0. The Labute approximate surface area is 198 Å². The topological polar surface area (TPSA) is 110 Å². The molecule has 0 aliphatic heterocycles. The number of carboxylic acids is 1. The fourth-order valence-electron chi connectivity index (χ4n) is 4.98. The van der Waals surface area contributed by atoms with E-state index in [2.05, 4.69) is 26.1 Å². The predicted molar refractivity (Wildman–Crippen MR) is 130 cm³/mol. The molecule has 1 saturated carbocycles. The maximum Gasteiger partial charge on any atom is 0.339 e. The third kappa shape index (κ3) is 4.88. The van der Waals surface area contributed by atoms with Crippen LogP contribution in [0.5, 0.6) is 0 Å². The molecule has 0 saturated heterocycles. The molecule has 7 heteroatoms. The van der Waals surface area contributed by atoms with Crippen molar-refractivity contribution >= 4 is 33.8 Å². The molecule has 1 aliphatic carbocycles. The summed E-state index contributed by atoms with van der Waals surface area (Å²) in [6.45, 7) is 8.82. The molecule has 1 aliphatic rings. The van der Waals surface area contributed by atoms with Crippen LogP contribution < -0.4 is 10.9 Å². The molecule has 34 heavy (non-hydrogen) atoms. The molecular weight excluding hydrogens is 434 g/mol. The molecule has 1 amide bonds. The van der Waals surface area contributed by atoms with Crippen molar-refractivity contribution in [1.29, 1.82) is 0 Å². The lowest BCUT2D eigenvalue weighted by Gasteiger charge is -2.26. The van der Waals surface area contributed by atoms with Crippen molar-refractivity contribution in [3.05, 3.63) is 45.5 Å². The third-order valence-corrected chi connectivity index (χ3v) is 7.18. The fraction of sp³-hybridized carbons (Fsp3) is 0.519. The zero-order valence-corrected chi connectivity index (χ0v) is 20.3. The monoisotopic (exact) mass is 467 g/mol. The highest BCUT2D eigenvalue weighted by Gasteiger charge is 2.26. The van der Waals surface area contributed by atoms with Crippen LogP contribution in [-0.2, 0) is 21.4 Å². The van der Waals surface area contributed by atoms with Crippen LogP contribution in [0.2, 0.25) is 0 Å². The SMILES string of the molecule is Cc1c(CCC(=O)NCC2CCC(C(=O)O)CC2)c(=O)oc2cc3occ(C(C)(C)C)c3cc12. The van der Waals surface area contributed by atoms with Crippen molar-refractivity contribution in [1.82, 2.24) is 5.32 Å².